The number of piperidine rings is 1. The molecule has 3 aliphatic rings. The van der Waals surface area contributed by atoms with Crippen LogP contribution in [0.2, 0.25) is 0 Å². The zero-order valence-electron chi connectivity index (χ0n) is 23.5. The first-order valence-corrected chi connectivity index (χ1v) is 14.1. The maximum atomic E-state index is 13.5. The molecule has 0 bridgehead atoms. The molecule has 214 valence electrons. The number of nitrogens with zero attached hydrogens (tertiary/aromatic N) is 2. The molecule has 10 nitrogen and oxygen atoms in total. The van der Waals surface area contributed by atoms with E-state index >= 15 is 0 Å². The number of nitrogens with two attached hydrogens (primary N) is 1. The number of fused-ring (bicyclic) bond motifs is 4. The van der Waals surface area contributed by atoms with Crippen molar-refractivity contribution in [3.05, 3.63) is 27.2 Å². The Morgan fingerprint density at radius 1 is 1.10 bits per heavy atom. The molecule has 2 N–H and O–H groups in total. The highest BCUT2D eigenvalue weighted by atomic mass is 79.9. The summed E-state index contributed by atoms with van der Waals surface area (Å²) in [6, 6.07) is 0.971. The van der Waals surface area contributed by atoms with Gasteiger partial charge in [0, 0.05) is 40.5 Å². The van der Waals surface area contributed by atoms with Gasteiger partial charge < -0.3 is 29.7 Å². The normalized spacial score (nSPS) is 18.9. The average Bonchev–Trinajstić information content (AvgIpc) is 3.31. The van der Waals surface area contributed by atoms with E-state index in [2.05, 4.69) is 15.9 Å². The number of halogens is 1. The Bertz CT molecular complexity index is 1190. The van der Waals surface area contributed by atoms with Crippen molar-refractivity contribution in [1.82, 2.24) is 9.80 Å². The Balaban J connectivity index is 1.53. The van der Waals surface area contributed by atoms with E-state index in [1.807, 2.05) is 26.8 Å². The smallest absolute Gasteiger partial charge is 0.410 e. The molecule has 1 atom stereocenters. The van der Waals surface area contributed by atoms with E-state index in [9.17, 15) is 19.2 Å². The Morgan fingerprint density at radius 2 is 1.72 bits per heavy atom. The Morgan fingerprint density at radius 3 is 2.28 bits per heavy atom. The summed E-state index contributed by atoms with van der Waals surface area (Å²) in [5.74, 6) is -0.815. The van der Waals surface area contributed by atoms with E-state index in [1.54, 1.807) is 25.7 Å². The van der Waals surface area contributed by atoms with E-state index in [1.165, 1.54) is 4.90 Å². The van der Waals surface area contributed by atoms with Crippen molar-refractivity contribution in [3.8, 4) is 5.75 Å². The summed E-state index contributed by atoms with van der Waals surface area (Å²) in [5.41, 5.74) is 6.34. The van der Waals surface area contributed by atoms with E-state index in [4.69, 9.17) is 19.9 Å². The van der Waals surface area contributed by atoms with Crippen molar-refractivity contribution in [3.63, 3.8) is 0 Å². The van der Waals surface area contributed by atoms with Gasteiger partial charge in [0.05, 0.1) is 18.7 Å². The summed E-state index contributed by atoms with van der Waals surface area (Å²) < 4.78 is 17.7. The quantitative estimate of drug-likeness (QED) is 0.500. The van der Waals surface area contributed by atoms with E-state index in [-0.39, 0.29) is 36.8 Å². The van der Waals surface area contributed by atoms with Crippen LogP contribution >= 0.6 is 15.9 Å². The fraction of sp³-hybridized carbons (Fsp3) is 0.643. The maximum Gasteiger partial charge on any atom is 0.410 e. The first-order valence-electron chi connectivity index (χ1n) is 13.3. The monoisotopic (exact) mass is 607 g/mol. The van der Waals surface area contributed by atoms with E-state index in [0.29, 0.717) is 53.9 Å². The molecule has 39 heavy (non-hydrogen) atoms. The van der Waals surface area contributed by atoms with Gasteiger partial charge in [0.2, 0.25) is 5.91 Å². The van der Waals surface area contributed by atoms with Crippen LogP contribution in [0.25, 0.3) is 0 Å². The minimum Gasteiger partial charge on any atom is -0.492 e. The molecular weight excluding hydrogens is 570 g/mol. The lowest BCUT2D eigenvalue weighted by molar-refractivity contribution is -0.155. The Labute approximate surface area is 237 Å². The lowest BCUT2D eigenvalue weighted by Crippen LogP contribution is -2.47. The molecule has 3 aliphatic heterocycles. The van der Waals surface area contributed by atoms with Crippen LogP contribution in [0.1, 0.15) is 88.7 Å². The largest absolute Gasteiger partial charge is 0.492 e. The van der Waals surface area contributed by atoms with Crippen molar-refractivity contribution >= 4 is 39.8 Å². The number of benzene rings is 1. The predicted octanol–water partition coefficient (Wildman–Crippen LogP) is 4.04. The number of rotatable bonds is 5. The molecule has 1 aromatic rings. The molecule has 0 radical (unpaired) electrons. The van der Waals surface area contributed by atoms with Crippen molar-refractivity contribution in [2.24, 2.45) is 5.73 Å². The number of amides is 3. The molecule has 1 saturated heterocycles. The molecule has 3 heterocycles. The zero-order valence-corrected chi connectivity index (χ0v) is 25.1. The second kappa shape index (κ2) is 10.3. The standard InChI is InChI=1S/C28H38BrN3O7/c1-26(2,3)38-20(33)8-7-19(23(30)34)32-14-16-21(24(32)35)18(29)13-17-22(16)37-15-28(17)9-11-31(12-10-28)25(36)39-27(4,5)6/h13,19H,7-12,14-15H2,1-6H3,(H2,30,34)/t19-/m0/s1. The lowest BCUT2D eigenvalue weighted by Gasteiger charge is -2.39. The molecule has 0 aliphatic carbocycles. The highest BCUT2D eigenvalue weighted by Gasteiger charge is 2.48. The van der Waals surface area contributed by atoms with Crippen LogP contribution in [0.15, 0.2) is 10.5 Å². The minimum atomic E-state index is -0.965. The number of hydrogen-bond acceptors (Lipinski definition) is 7. The lowest BCUT2D eigenvalue weighted by atomic mass is 9.74. The van der Waals surface area contributed by atoms with Crippen LogP contribution in [-0.4, -0.2) is 70.6 Å². The van der Waals surface area contributed by atoms with Crippen LogP contribution < -0.4 is 10.5 Å². The van der Waals surface area contributed by atoms with E-state index < -0.39 is 29.1 Å². The van der Waals surface area contributed by atoms with Gasteiger partial charge in [0.15, 0.2) is 0 Å². The highest BCUT2D eigenvalue weighted by Crippen LogP contribution is 2.51. The number of hydrogen-bond donors (Lipinski definition) is 1. The second-order valence-corrected chi connectivity index (χ2v) is 13.5. The SMILES string of the molecule is CC(C)(C)OC(=O)CC[C@@H](C(N)=O)N1Cc2c3c(cc(Br)c2C1=O)C1(CCN(C(=O)OC(C)(C)C)CC1)CO3. The van der Waals surface area contributed by atoms with Gasteiger partial charge in [0.25, 0.3) is 5.91 Å². The van der Waals surface area contributed by atoms with Crippen LogP contribution in [0.4, 0.5) is 4.79 Å². The number of ether oxygens (including phenoxy) is 3. The van der Waals surface area contributed by atoms with Crippen LogP contribution in [-0.2, 0) is 31.0 Å². The molecule has 4 rings (SSSR count). The van der Waals surface area contributed by atoms with Gasteiger partial charge in [-0.1, -0.05) is 0 Å². The first kappa shape index (κ1) is 29.2. The van der Waals surface area contributed by atoms with Gasteiger partial charge >= 0.3 is 12.1 Å². The van der Waals surface area contributed by atoms with Crippen LogP contribution in [0.3, 0.4) is 0 Å². The molecule has 1 fully saturated rings. The summed E-state index contributed by atoms with van der Waals surface area (Å²) in [7, 11) is 0. The first-order chi connectivity index (χ1) is 18.0. The van der Waals surface area contributed by atoms with Crippen molar-refractivity contribution < 1.29 is 33.4 Å². The van der Waals surface area contributed by atoms with Gasteiger partial charge in [-0.25, -0.2) is 4.79 Å². The Kier molecular flexibility index (Phi) is 7.70. The number of likely N-dealkylation sites (tertiary alicyclic amines) is 1. The summed E-state index contributed by atoms with van der Waals surface area (Å²) in [5, 5.41) is 0. The van der Waals surface area contributed by atoms with Crippen molar-refractivity contribution in [1.29, 1.82) is 0 Å². The van der Waals surface area contributed by atoms with Gasteiger partial charge in [0.1, 0.15) is 23.0 Å². The topological polar surface area (TPSA) is 128 Å². The third-order valence-corrected chi connectivity index (χ3v) is 7.94. The molecule has 0 aromatic heterocycles. The summed E-state index contributed by atoms with van der Waals surface area (Å²) in [6.45, 7) is 12.5. The number of esters is 1. The number of carbonyl (C=O) groups is 4. The number of primary amides is 1. The molecule has 0 saturated carbocycles. The van der Waals surface area contributed by atoms with Crippen molar-refractivity contribution in [2.45, 2.75) is 96.4 Å². The molecule has 1 aromatic carbocycles. The summed E-state index contributed by atoms with van der Waals surface area (Å²) in [6.07, 6.45) is 1.09. The average molecular weight is 609 g/mol. The highest BCUT2D eigenvalue weighted by molar-refractivity contribution is 9.10. The predicted molar refractivity (Wildman–Crippen MR) is 146 cm³/mol. The molecule has 0 unspecified atom stereocenters. The summed E-state index contributed by atoms with van der Waals surface area (Å²) in [4.78, 5) is 53.9. The second-order valence-electron chi connectivity index (χ2n) is 12.6. The zero-order chi connectivity index (χ0) is 28.9. The number of carbonyl (C=O) groups excluding carboxylic acids is 4. The summed E-state index contributed by atoms with van der Waals surface area (Å²) >= 11 is 3.59. The molecule has 11 heteroatoms. The fourth-order valence-corrected chi connectivity index (χ4v) is 6.15. The minimum absolute atomic E-state index is 0.0436. The van der Waals surface area contributed by atoms with Crippen molar-refractivity contribution in [2.75, 3.05) is 19.7 Å². The van der Waals surface area contributed by atoms with Gasteiger partial charge in [-0.15, -0.1) is 0 Å². The third-order valence-electron chi connectivity index (χ3n) is 7.32. The van der Waals surface area contributed by atoms with Crippen LogP contribution in [0.5, 0.6) is 5.75 Å². The van der Waals surface area contributed by atoms with Crippen LogP contribution in [0, 0.1) is 0 Å². The third kappa shape index (κ3) is 6.02. The van der Waals surface area contributed by atoms with Gasteiger partial charge in [-0.2, -0.15) is 0 Å². The Hall–Kier alpha value is -2.82. The van der Waals surface area contributed by atoms with Gasteiger partial charge in [-0.05, 0) is 82.8 Å². The molecular formula is C28H38BrN3O7. The maximum absolute atomic E-state index is 13.5. The molecule has 1 spiro atoms. The van der Waals surface area contributed by atoms with E-state index in [0.717, 1.165) is 5.56 Å². The van der Waals surface area contributed by atoms with Gasteiger partial charge in [-0.3, -0.25) is 14.4 Å². The fourth-order valence-electron chi connectivity index (χ4n) is 5.51. The molecule has 3 amide bonds.